The van der Waals surface area contributed by atoms with Crippen LogP contribution in [-0.2, 0) is 9.59 Å². The lowest BCUT2D eigenvalue weighted by atomic mass is 10.1. The maximum Gasteiger partial charge on any atom is 0.360 e. The maximum absolute atomic E-state index is 10.9. The fraction of sp³-hybridized carbons (Fsp3) is 0.200. The fourth-order valence-corrected chi connectivity index (χ4v) is 1.36. The van der Waals surface area contributed by atoms with Crippen LogP contribution in [0, 0.1) is 10.1 Å². The van der Waals surface area contributed by atoms with Gasteiger partial charge in [0.2, 0.25) is 6.10 Å². The number of anilines is 1. The van der Waals surface area contributed by atoms with Crippen molar-refractivity contribution in [3.63, 3.8) is 0 Å². The Kier molecular flexibility index (Phi) is 4.22. The van der Waals surface area contributed by atoms with Crippen LogP contribution < -0.4 is 5.32 Å². The van der Waals surface area contributed by atoms with Gasteiger partial charge in [0.1, 0.15) is 5.69 Å². The van der Waals surface area contributed by atoms with Gasteiger partial charge in [-0.15, -0.1) is 0 Å². The molecule has 2 atom stereocenters. The molecule has 0 aliphatic rings. The molecule has 1 aromatic carbocycles. The second-order valence-corrected chi connectivity index (χ2v) is 3.71. The molecule has 0 radical (unpaired) electrons. The van der Waals surface area contributed by atoms with E-state index >= 15 is 0 Å². The molecule has 0 aromatic heterocycles. The largest absolute Gasteiger partial charge is 0.479 e. The minimum Gasteiger partial charge on any atom is -0.479 e. The summed E-state index contributed by atoms with van der Waals surface area (Å²) >= 11 is 0. The summed E-state index contributed by atoms with van der Waals surface area (Å²) in [5, 5.41) is 48.9. The Labute approximate surface area is 111 Å². The summed E-state index contributed by atoms with van der Waals surface area (Å²) in [6, 6.07) is 4.65. The molecule has 5 N–H and O–H groups in total. The van der Waals surface area contributed by atoms with Crippen LogP contribution in [0.15, 0.2) is 24.3 Å². The van der Waals surface area contributed by atoms with E-state index in [0.29, 0.717) is 0 Å². The minimum atomic E-state index is -3.32. The number of nitrogens with zero attached hydrogens (tertiary/aromatic N) is 1. The van der Waals surface area contributed by atoms with Crippen molar-refractivity contribution in [3.8, 4) is 0 Å². The predicted octanol–water partition coefficient (Wildman–Crippen LogP) is -0.775. The zero-order chi connectivity index (χ0) is 15.5. The predicted molar refractivity (Wildman–Crippen MR) is 62.9 cm³/mol. The van der Waals surface area contributed by atoms with Crippen molar-refractivity contribution in [2.75, 3.05) is 5.32 Å². The zero-order valence-electron chi connectivity index (χ0n) is 9.76. The standard InChI is InChI=1S/C10H10N2O8/c13-7(8(14)15)10(18,9(16)17)11-5-3-1-2-4-6(5)12(19)20/h1-4,7,11,13,18H,(H,14,15)(H,16,17). The first kappa shape index (κ1) is 15.3. The molecule has 20 heavy (non-hydrogen) atoms. The van der Waals surface area contributed by atoms with Crippen LogP contribution in [0.3, 0.4) is 0 Å². The van der Waals surface area contributed by atoms with Crippen LogP contribution >= 0.6 is 0 Å². The van der Waals surface area contributed by atoms with Crippen molar-refractivity contribution < 1.29 is 34.9 Å². The number of hydrogen-bond donors (Lipinski definition) is 5. The SMILES string of the molecule is O=C(O)C(O)C(O)(Nc1ccccc1[N+](=O)[O-])C(=O)O. The highest BCUT2D eigenvalue weighted by atomic mass is 16.6. The number of nitrogens with one attached hydrogen (secondary N) is 1. The highest BCUT2D eigenvalue weighted by molar-refractivity contribution is 5.90. The van der Waals surface area contributed by atoms with Crippen LogP contribution in [0.2, 0.25) is 0 Å². The number of benzene rings is 1. The number of nitro benzene ring substituents is 1. The smallest absolute Gasteiger partial charge is 0.360 e. The molecule has 0 amide bonds. The minimum absolute atomic E-state index is 0.456. The number of carboxylic acid groups (broad SMARTS) is 2. The molecule has 0 aliphatic heterocycles. The van der Waals surface area contributed by atoms with E-state index in [4.69, 9.17) is 10.2 Å². The van der Waals surface area contributed by atoms with Crippen molar-refractivity contribution >= 4 is 23.3 Å². The van der Waals surface area contributed by atoms with Gasteiger partial charge in [-0.1, -0.05) is 12.1 Å². The average molecular weight is 286 g/mol. The van der Waals surface area contributed by atoms with Gasteiger partial charge in [0, 0.05) is 6.07 Å². The Bertz CT molecular complexity index is 560. The lowest BCUT2D eigenvalue weighted by Crippen LogP contribution is -2.58. The van der Waals surface area contributed by atoms with E-state index in [1.165, 1.54) is 12.1 Å². The summed E-state index contributed by atoms with van der Waals surface area (Å²) in [6.45, 7) is 0. The van der Waals surface area contributed by atoms with Crippen molar-refractivity contribution in [3.05, 3.63) is 34.4 Å². The van der Waals surface area contributed by atoms with Crippen molar-refractivity contribution in [1.82, 2.24) is 0 Å². The highest BCUT2D eigenvalue weighted by Crippen LogP contribution is 2.27. The molecular weight excluding hydrogens is 276 g/mol. The van der Waals surface area contributed by atoms with E-state index in [1.54, 1.807) is 5.32 Å². The number of hydrogen-bond acceptors (Lipinski definition) is 7. The number of aliphatic carboxylic acids is 2. The molecule has 10 nitrogen and oxygen atoms in total. The lowest BCUT2D eigenvalue weighted by molar-refractivity contribution is -0.384. The number of carboxylic acids is 2. The van der Waals surface area contributed by atoms with Gasteiger partial charge in [0.25, 0.3) is 11.4 Å². The lowest BCUT2D eigenvalue weighted by Gasteiger charge is -2.27. The van der Waals surface area contributed by atoms with Gasteiger partial charge in [-0.2, -0.15) is 0 Å². The molecule has 1 aromatic rings. The Balaban J connectivity index is 3.25. The Morgan fingerprint density at radius 2 is 1.85 bits per heavy atom. The number of nitro groups is 1. The zero-order valence-corrected chi connectivity index (χ0v) is 9.76. The third kappa shape index (κ3) is 2.81. The Morgan fingerprint density at radius 1 is 1.30 bits per heavy atom. The first-order valence-electron chi connectivity index (χ1n) is 5.08. The molecule has 0 saturated heterocycles. The molecule has 0 fully saturated rings. The van der Waals surface area contributed by atoms with Crippen LogP contribution in [0.25, 0.3) is 0 Å². The normalized spacial score (nSPS) is 14.9. The Morgan fingerprint density at radius 3 is 2.30 bits per heavy atom. The number of rotatable bonds is 6. The van der Waals surface area contributed by atoms with Gasteiger partial charge in [-0.3, -0.25) is 10.1 Å². The molecule has 0 bridgehead atoms. The van der Waals surface area contributed by atoms with Gasteiger partial charge in [0.15, 0.2) is 0 Å². The summed E-state index contributed by atoms with van der Waals surface area (Å²) in [7, 11) is 0. The van der Waals surface area contributed by atoms with E-state index in [2.05, 4.69) is 0 Å². The monoisotopic (exact) mass is 286 g/mol. The van der Waals surface area contributed by atoms with E-state index in [1.807, 2.05) is 0 Å². The third-order valence-electron chi connectivity index (χ3n) is 2.38. The molecular formula is C10H10N2O8. The first-order valence-corrected chi connectivity index (χ1v) is 5.08. The van der Waals surface area contributed by atoms with Crippen molar-refractivity contribution in [1.29, 1.82) is 0 Å². The van der Waals surface area contributed by atoms with E-state index in [9.17, 15) is 29.9 Å². The highest BCUT2D eigenvalue weighted by Gasteiger charge is 2.49. The van der Waals surface area contributed by atoms with Gasteiger partial charge >= 0.3 is 11.9 Å². The molecule has 0 saturated carbocycles. The summed E-state index contributed by atoms with van der Waals surface area (Å²) in [5.41, 5.74) is -4.37. The molecule has 108 valence electrons. The van der Waals surface area contributed by atoms with Gasteiger partial charge < -0.3 is 25.7 Å². The van der Waals surface area contributed by atoms with Gasteiger partial charge in [0.05, 0.1) is 4.92 Å². The van der Waals surface area contributed by atoms with E-state index in [0.717, 1.165) is 12.1 Å². The summed E-state index contributed by atoms with van der Waals surface area (Å²) in [5.74, 6) is -4.12. The maximum atomic E-state index is 10.9. The van der Waals surface area contributed by atoms with Crippen LogP contribution in [0.5, 0.6) is 0 Å². The van der Waals surface area contributed by atoms with Crippen molar-refractivity contribution in [2.24, 2.45) is 0 Å². The number of carbonyl (C=O) groups is 2. The number of aliphatic hydroxyl groups excluding tert-OH is 1. The molecule has 0 heterocycles. The summed E-state index contributed by atoms with van der Waals surface area (Å²) in [6.07, 6.45) is -2.74. The molecule has 0 spiro atoms. The quantitative estimate of drug-likeness (QED) is 0.255. The van der Waals surface area contributed by atoms with Crippen LogP contribution in [-0.4, -0.2) is 49.1 Å². The third-order valence-corrected chi connectivity index (χ3v) is 2.38. The van der Waals surface area contributed by atoms with Crippen molar-refractivity contribution in [2.45, 2.75) is 11.8 Å². The fourth-order valence-electron chi connectivity index (χ4n) is 1.36. The topological polar surface area (TPSA) is 170 Å². The first-order chi connectivity index (χ1) is 9.20. The van der Waals surface area contributed by atoms with Crippen LogP contribution in [0.4, 0.5) is 11.4 Å². The van der Waals surface area contributed by atoms with Gasteiger partial charge in [-0.25, -0.2) is 9.59 Å². The molecule has 1 rings (SSSR count). The second kappa shape index (κ2) is 5.50. The second-order valence-electron chi connectivity index (χ2n) is 3.71. The van der Waals surface area contributed by atoms with E-state index in [-0.39, 0.29) is 0 Å². The summed E-state index contributed by atoms with van der Waals surface area (Å²) < 4.78 is 0. The Hall–Kier alpha value is -2.72. The number of para-hydroxylation sites is 2. The molecule has 10 heteroatoms. The number of aliphatic hydroxyl groups is 2. The van der Waals surface area contributed by atoms with Crippen LogP contribution in [0.1, 0.15) is 0 Å². The van der Waals surface area contributed by atoms with E-state index < -0.39 is 40.1 Å². The summed E-state index contributed by atoms with van der Waals surface area (Å²) in [4.78, 5) is 31.4. The average Bonchev–Trinajstić information content (AvgIpc) is 2.37. The molecule has 0 aliphatic carbocycles. The molecule has 2 unspecified atom stereocenters. The van der Waals surface area contributed by atoms with Gasteiger partial charge in [-0.05, 0) is 6.07 Å².